The van der Waals surface area contributed by atoms with Crippen LogP contribution in [0.1, 0.15) is 42.7 Å². The predicted molar refractivity (Wildman–Crippen MR) is 119 cm³/mol. The van der Waals surface area contributed by atoms with Gasteiger partial charge in [-0.05, 0) is 30.4 Å². The smallest absolute Gasteiger partial charge is 0.269 e. The maximum absolute atomic E-state index is 12.2. The molecule has 1 fully saturated rings. The number of piperidine rings is 1. The molecule has 1 aliphatic heterocycles. The number of benzene rings is 1. The summed E-state index contributed by atoms with van der Waals surface area (Å²) in [5, 5.41) is 18.6. The molecule has 31 heavy (non-hydrogen) atoms. The average molecular weight is 446 g/mol. The maximum Gasteiger partial charge on any atom is 0.269 e. The molecule has 1 saturated heterocycles. The van der Waals surface area contributed by atoms with Crippen molar-refractivity contribution in [3.8, 4) is 0 Å². The first kappa shape index (κ1) is 22.8. The molecule has 3 rings (SSSR count). The van der Waals surface area contributed by atoms with E-state index in [0.717, 1.165) is 25.3 Å². The lowest BCUT2D eigenvalue weighted by atomic mass is 9.92. The lowest BCUT2D eigenvalue weighted by molar-refractivity contribution is -0.384. The molecule has 1 aromatic carbocycles. The highest BCUT2D eigenvalue weighted by Gasteiger charge is 2.22. The highest BCUT2D eigenvalue weighted by molar-refractivity contribution is 7.13. The second-order valence-electron chi connectivity index (χ2n) is 8.14. The Morgan fingerprint density at radius 3 is 2.55 bits per heavy atom. The number of hydrogen-bond acceptors (Lipinski definition) is 7. The monoisotopic (exact) mass is 445 g/mol. The summed E-state index contributed by atoms with van der Waals surface area (Å²) in [4.78, 5) is 41.3. The van der Waals surface area contributed by atoms with Crippen LogP contribution in [-0.4, -0.2) is 46.3 Å². The molecule has 0 spiro atoms. The number of likely N-dealkylation sites (tertiary alicyclic amines) is 1. The standard InChI is InChI=1S/C21H27N5O4S/c1-14-9-15(2)11-25(10-14)12-17-13-31-21(23-17)24-19(27)7-8-22-20(28)16-3-5-18(6-4-16)26(29)30/h3-6,13-15H,7-12H2,1-2H3,(H,22,28)(H,23,24,27). The predicted octanol–water partition coefficient (Wildman–Crippen LogP) is 3.29. The van der Waals surface area contributed by atoms with Gasteiger partial charge in [-0.15, -0.1) is 11.3 Å². The van der Waals surface area contributed by atoms with Crippen LogP contribution in [0.4, 0.5) is 10.8 Å². The molecule has 2 unspecified atom stereocenters. The zero-order valence-corrected chi connectivity index (χ0v) is 18.5. The molecule has 2 amide bonds. The first-order valence-electron chi connectivity index (χ1n) is 10.3. The van der Waals surface area contributed by atoms with Gasteiger partial charge in [0.2, 0.25) is 5.91 Å². The number of amides is 2. The van der Waals surface area contributed by atoms with Crippen LogP contribution in [0.3, 0.4) is 0 Å². The second-order valence-corrected chi connectivity index (χ2v) is 9.00. The Kier molecular flexibility index (Phi) is 7.69. The molecule has 0 saturated carbocycles. The molecule has 1 aromatic heterocycles. The minimum atomic E-state index is -0.524. The molecule has 166 valence electrons. The molecular weight excluding hydrogens is 418 g/mol. The van der Waals surface area contributed by atoms with E-state index in [0.29, 0.717) is 22.5 Å². The number of non-ortho nitro benzene ring substituents is 1. The summed E-state index contributed by atoms with van der Waals surface area (Å²) in [6, 6.07) is 5.31. The van der Waals surface area contributed by atoms with E-state index in [1.54, 1.807) is 0 Å². The van der Waals surface area contributed by atoms with Crippen molar-refractivity contribution in [3.63, 3.8) is 0 Å². The fraction of sp³-hybridized carbons (Fsp3) is 0.476. The third-order valence-corrected chi connectivity index (χ3v) is 5.91. The second kappa shape index (κ2) is 10.5. The van der Waals surface area contributed by atoms with Gasteiger partial charge in [0.1, 0.15) is 0 Å². The molecule has 0 radical (unpaired) electrons. The van der Waals surface area contributed by atoms with Crippen molar-refractivity contribution in [3.05, 3.63) is 51.0 Å². The average Bonchev–Trinajstić information content (AvgIpc) is 3.13. The molecule has 9 nitrogen and oxygen atoms in total. The Hall–Kier alpha value is -2.85. The van der Waals surface area contributed by atoms with Crippen LogP contribution in [0.2, 0.25) is 0 Å². The van der Waals surface area contributed by atoms with E-state index in [4.69, 9.17) is 0 Å². The number of nitro groups is 1. The van der Waals surface area contributed by atoms with Gasteiger partial charge in [-0.1, -0.05) is 13.8 Å². The lowest BCUT2D eigenvalue weighted by Crippen LogP contribution is -2.38. The van der Waals surface area contributed by atoms with Crippen LogP contribution in [-0.2, 0) is 11.3 Å². The summed E-state index contributed by atoms with van der Waals surface area (Å²) in [6.07, 6.45) is 1.37. The van der Waals surface area contributed by atoms with Gasteiger partial charge in [0.15, 0.2) is 5.13 Å². The third kappa shape index (κ3) is 6.83. The number of thiazole rings is 1. The Morgan fingerprint density at radius 1 is 1.23 bits per heavy atom. The van der Waals surface area contributed by atoms with Crippen molar-refractivity contribution in [2.45, 2.75) is 33.2 Å². The number of carbonyl (C=O) groups excluding carboxylic acids is 2. The van der Waals surface area contributed by atoms with Gasteiger partial charge >= 0.3 is 0 Å². The molecule has 10 heteroatoms. The van der Waals surface area contributed by atoms with E-state index in [9.17, 15) is 19.7 Å². The van der Waals surface area contributed by atoms with Gasteiger partial charge in [0.25, 0.3) is 11.6 Å². The number of rotatable bonds is 8. The summed E-state index contributed by atoms with van der Waals surface area (Å²) in [7, 11) is 0. The number of nitrogens with zero attached hydrogens (tertiary/aromatic N) is 3. The first-order valence-corrected chi connectivity index (χ1v) is 11.2. The van der Waals surface area contributed by atoms with Crippen LogP contribution in [0.25, 0.3) is 0 Å². The van der Waals surface area contributed by atoms with Gasteiger partial charge in [-0.2, -0.15) is 0 Å². The van der Waals surface area contributed by atoms with Crippen LogP contribution < -0.4 is 10.6 Å². The Labute approximate surface area is 185 Å². The van der Waals surface area contributed by atoms with Gasteiger partial charge in [0, 0.05) is 55.7 Å². The first-order chi connectivity index (χ1) is 14.8. The molecule has 2 atom stereocenters. The summed E-state index contributed by atoms with van der Waals surface area (Å²) >= 11 is 1.40. The number of carbonyl (C=O) groups is 2. The van der Waals surface area contributed by atoms with E-state index >= 15 is 0 Å². The van der Waals surface area contributed by atoms with Gasteiger partial charge in [-0.3, -0.25) is 24.6 Å². The number of aromatic nitrogens is 1. The minimum Gasteiger partial charge on any atom is -0.352 e. The third-order valence-electron chi connectivity index (χ3n) is 5.11. The van der Waals surface area contributed by atoms with Crippen molar-refractivity contribution in [2.75, 3.05) is 25.0 Å². The van der Waals surface area contributed by atoms with Crippen LogP contribution >= 0.6 is 11.3 Å². The Bertz CT molecular complexity index is 920. The van der Waals surface area contributed by atoms with E-state index in [2.05, 4.69) is 34.4 Å². The van der Waals surface area contributed by atoms with Crippen molar-refractivity contribution in [1.82, 2.24) is 15.2 Å². The molecule has 2 heterocycles. The molecule has 1 aliphatic rings. The highest BCUT2D eigenvalue weighted by Crippen LogP contribution is 2.24. The molecular formula is C21H27N5O4S. The van der Waals surface area contributed by atoms with E-state index in [1.807, 2.05) is 5.38 Å². The number of anilines is 1. The molecule has 2 N–H and O–H groups in total. The number of nitrogens with one attached hydrogen (secondary N) is 2. The highest BCUT2D eigenvalue weighted by atomic mass is 32.1. The summed E-state index contributed by atoms with van der Waals surface area (Å²) in [5.74, 6) is 0.750. The number of nitro benzene ring substituents is 1. The van der Waals surface area contributed by atoms with Crippen LogP contribution in [0.5, 0.6) is 0 Å². The zero-order chi connectivity index (χ0) is 22.4. The van der Waals surface area contributed by atoms with Crippen molar-refractivity contribution in [2.24, 2.45) is 11.8 Å². The van der Waals surface area contributed by atoms with Crippen molar-refractivity contribution < 1.29 is 14.5 Å². The zero-order valence-electron chi connectivity index (χ0n) is 17.7. The van der Waals surface area contributed by atoms with Crippen molar-refractivity contribution in [1.29, 1.82) is 0 Å². The largest absolute Gasteiger partial charge is 0.352 e. The van der Waals surface area contributed by atoms with Crippen LogP contribution in [0, 0.1) is 22.0 Å². The van der Waals surface area contributed by atoms with E-state index in [1.165, 1.54) is 42.0 Å². The van der Waals surface area contributed by atoms with Gasteiger partial charge in [0.05, 0.1) is 10.6 Å². The summed E-state index contributed by atoms with van der Waals surface area (Å²) < 4.78 is 0. The Balaban J connectivity index is 1.41. The molecule has 0 aliphatic carbocycles. The van der Waals surface area contributed by atoms with Crippen molar-refractivity contribution >= 4 is 34.0 Å². The SMILES string of the molecule is CC1CC(C)CN(Cc2csc(NC(=O)CCNC(=O)c3ccc([N+](=O)[O-])cc3)n2)C1. The van der Waals surface area contributed by atoms with Gasteiger partial charge in [-0.25, -0.2) is 4.98 Å². The fourth-order valence-corrected chi connectivity index (χ4v) is 4.61. The lowest BCUT2D eigenvalue weighted by Gasteiger charge is -2.34. The number of hydrogen-bond donors (Lipinski definition) is 2. The summed E-state index contributed by atoms with van der Waals surface area (Å²) in [6.45, 7) is 7.62. The molecule has 0 bridgehead atoms. The van der Waals surface area contributed by atoms with E-state index < -0.39 is 4.92 Å². The van der Waals surface area contributed by atoms with E-state index in [-0.39, 0.29) is 30.5 Å². The van der Waals surface area contributed by atoms with Gasteiger partial charge < -0.3 is 10.6 Å². The maximum atomic E-state index is 12.2. The quantitative estimate of drug-likeness (QED) is 0.476. The Morgan fingerprint density at radius 2 is 1.90 bits per heavy atom. The minimum absolute atomic E-state index is 0.0805. The topological polar surface area (TPSA) is 117 Å². The normalized spacial score (nSPS) is 19.0. The fourth-order valence-electron chi connectivity index (χ4n) is 3.90. The summed E-state index contributed by atoms with van der Waals surface area (Å²) in [5.41, 5.74) is 1.17. The van der Waals surface area contributed by atoms with Crippen LogP contribution in [0.15, 0.2) is 29.6 Å². The molecule has 2 aromatic rings.